The molecule has 2 fully saturated rings. The van der Waals surface area contributed by atoms with Gasteiger partial charge < -0.3 is 9.80 Å². The van der Waals surface area contributed by atoms with E-state index in [0.717, 1.165) is 24.9 Å². The van der Waals surface area contributed by atoms with E-state index in [4.69, 9.17) is 10.2 Å². The molecule has 0 atom stereocenters. The summed E-state index contributed by atoms with van der Waals surface area (Å²) in [6, 6.07) is 9.95. The number of piperidine rings is 1. The highest BCUT2D eigenvalue weighted by atomic mass is 32.2. The van der Waals surface area contributed by atoms with Crippen molar-refractivity contribution >= 4 is 21.8 Å². The Bertz CT molecular complexity index is 988. The van der Waals surface area contributed by atoms with Crippen molar-refractivity contribution in [2.75, 3.05) is 49.1 Å². The number of nitrogens with zero attached hydrogens (tertiary/aromatic N) is 6. The Labute approximate surface area is 171 Å². The van der Waals surface area contributed by atoms with Gasteiger partial charge in [-0.05, 0) is 49.6 Å². The molecule has 0 aliphatic carbocycles. The third kappa shape index (κ3) is 4.18. The number of nitriles is 1. The summed E-state index contributed by atoms with van der Waals surface area (Å²) in [6.45, 7) is 3.91. The number of hydrogen-bond donors (Lipinski definition) is 0. The van der Waals surface area contributed by atoms with E-state index in [-0.39, 0.29) is 4.90 Å². The molecule has 0 bridgehead atoms. The summed E-state index contributed by atoms with van der Waals surface area (Å²) in [4.78, 5) is 13.7. The van der Waals surface area contributed by atoms with Crippen LogP contribution in [0.5, 0.6) is 0 Å². The second-order valence-electron chi connectivity index (χ2n) is 7.29. The molecule has 29 heavy (non-hydrogen) atoms. The zero-order valence-electron chi connectivity index (χ0n) is 16.2. The summed E-state index contributed by atoms with van der Waals surface area (Å²) < 4.78 is 27.3. The van der Waals surface area contributed by atoms with Gasteiger partial charge in [-0.1, -0.05) is 0 Å². The maximum Gasteiger partial charge on any atom is 0.243 e. The lowest BCUT2D eigenvalue weighted by Crippen LogP contribution is -2.49. The third-order valence-electron chi connectivity index (χ3n) is 5.45. The molecule has 0 amide bonds. The summed E-state index contributed by atoms with van der Waals surface area (Å²) in [6.07, 6.45) is 5.37. The molecule has 2 aliphatic rings. The van der Waals surface area contributed by atoms with Gasteiger partial charge in [-0.2, -0.15) is 14.6 Å². The number of anilines is 2. The minimum absolute atomic E-state index is 0.222. The molecule has 2 aliphatic heterocycles. The molecule has 2 saturated heterocycles. The fraction of sp³-hybridized carbons (Fsp3) is 0.450. The zero-order chi connectivity index (χ0) is 20.3. The normalized spacial score (nSPS) is 18.4. The van der Waals surface area contributed by atoms with Crippen molar-refractivity contribution in [3.05, 3.63) is 42.1 Å². The van der Waals surface area contributed by atoms with Crippen LogP contribution in [-0.2, 0) is 10.0 Å². The van der Waals surface area contributed by atoms with Crippen LogP contribution in [0.15, 0.2) is 41.4 Å². The van der Waals surface area contributed by atoms with Crippen LogP contribution >= 0.6 is 0 Å². The monoisotopic (exact) mass is 412 g/mol. The second-order valence-corrected chi connectivity index (χ2v) is 9.23. The summed E-state index contributed by atoms with van der Waals surface area (Å²) >= 11 is 0. The van der Waals surface area contributed by atoms with Crippen LogP contribution in [0.2, 0.25) is 0 Å². The average molecular weight is 413 g/mol. The van der Waals surface area contributed by atoms with E-state index >= 15 is 0 Å². The van der Waals surface area contributed by atoms with Crippen molar-refractivity contribution in [3.63, 3.8) is 0 Å². The van der Waals surface area contributed by atoms with Gasteiger partial charge in [-0.3, -0.25) is 0 Å². The first-order chi connectivity index (χ1) is 14.1. The molecule has 0 N–H and O–H groups in total. The largest absolute Gasteiger partial charge is 0.354 e. The molecule has 3 heterocycles. The van der Waals surface area contributed by atoms with Gasteiger partial charge in [-0.25, -0.2) is 13.4 Å². The molecule has 0 unspecified atom stereocenters. The smallest absolute Gasteiger partial charge is 0.243 e. The van der Waals surface area contributed by atoms with E-state index in [1.165, 1.54) is 47.8 Å². The fourth-order valence-corrected chi connectivity index (χ4v) is 5.19. The Morgan fingerprint density at radius 2 is 1.55 bits per heavy atom. The van der Waals surface area contributed by atoms with Gasteiger partial charge in [0.2, 0.25) is 16.0 Å². The molecular formula is C20H24N6O2S. The van der Waals surface area contributed by atoms with Crippen molar-refractivity contribution < 1.29 is 8.42 Å². The lowest BCUT2D eigenvalue weighted by molar-refractivity contribution is 0.383. The quantitative estimate of drug-likeness (QED) is 0.756. The lowest BCUT2D eigenvalue weighted by atomic mass is 10.1. The van der Waals surface area contributed by atoms with Crippen LogP contribution in [0.3, 0.4) is 0 Å². The molecule has 9 heteroatoms. The molecule has 0 spiro atoms. The molecule has 2 aromatic rings. The predicted octanol–water partition coefficient (Wildman–Crippen LogP) is 1.85. The van der Waals surface area contributed by atoms with Crippen LogP contribution in [0, 0.1) is 11.3 Å². The Balaban J connectivity index is 1.43. The number of piperazine rings is 1. The lowest BCUT2D eigenvalue weighted by Gasteiger charge is -2.35. The van der Waals surface area contributed by atoms with Crippen LogP contribution < -0.4 is 9.80 Å². The first-order valence-corrected chi connectivity index (χ1v) is 11.4. The first kappa shape index (κ1) is 19.6. The highest BCUT2D eigenvalue weighted by Crippen LogP contribution is 2.22. The molecule has 4 rings (SSSR count). The van der Waals surface area contributed by atoms with Gasteiger partial charge in [-0.15, -0.1) is 0 Å². The number of sulfonamides is 1. The molecular weight excluding hydrogens is 388 g/mol. The van der Waals surface area contributed by atoms with Gasteiger partial charge in [0.05, 0.1) is 16.5 Å². The van der Waals surface area contributed by atoms with Gasteiger partial charge in [0.25, 0.3) is 0 Å². The maximum absolute atomic E-state index is 12.9. The Morgan fingerprint density at radius 3 is 2.21 bits per heavy atom. The molecule has 0 saturated carbocycles. The van der Waals surface area contributed by atoms with Crippen molar-refractivity contribution in [1.29, 1.82) is 5.26 Å². The molecule has 0 radical (unpaired) electrons. The topological polar surface area (TPSA) is 93.4 Å². The molecule has 1 aromatic heterocycles. The predicted molar refractivity (Wildman–Crippen MR) is 110 cm³/mol. The maximum atomic E-state index is 12.9. The number of hydrogen-bond acceptors (Lipinski definition) is 7. The standard InChI is InChI=1S/C20H24N6O2S/c21-16-17-4-6-18(7-5-17)29(27,28)26-14-12-24(13-15-26)19-8-9-22-20(23-19)25-10-2-1-3-11-25/h4-9H,1-3,10-15H2. The fourth-order valence-electron chi connectivity index (χ4n) is 3.77. The van der Waals surface area contributed by atoms with Crippen LogP contribution in [0.25, 0.3) is 0 Å². The van der Waals surface area contributed by atoms with E-state index in [0.29, 0.717) is 31.7 Å². The van der Waals surface area contributed by atoms with E-state index in [1.807, 2.05) is 12.1 Å². The van der Waals surface area contributed by atoms with Crippen molar-refractivity contribution in [2.24, 2.45) is 0 Å². The second kappa shape index (κ2) is 8.35. The van der Waals surface area contributed by atoms with Crippen molar-refractivity contribution in [2.45, 2.75) is 24.2 Å². The number of benzene rings is 1. The van der Waals surface area contributed by atoms with E-state index < -0.39 is 10.0 Å². The Hall–Kier alpha value is -2.70. The minimum atomic E-state index is -3.56. The highest BCUT2D eigenvalue weighted by Gasteiger charge is 2.29. The van der Waals surface area contributed by atoms with E-state index in [9.17, 15) is 8.42 Å². The summed E-state index contributed by atoms with van der Waals surface area (Å²) in [7, 11) is -3.56. The van der Waals surface area contributed by atoms with Gasteiger partial charge in [0, 0.05) is 45.5 Å². The highest BCUT2D eigenvalue weighted by molar-refractivity contribution is 7.89. The summed E-state index contributed by atoms with van der Waals surface area (Å²) in [5, 5.41) is 8.89. The van der Waals surface area contributed by atoms with Gasteiger partial charge in [0.15, 0.2) is 0 Å². The molecule has 1 aromatic carbocycles. The zero-order valence-corrected chi connectivity index (χ0v) is 17.1. The van der Waals surface area contributed by atoms with Crippen LogP contribution in [-0.4, -0.2) is 62.0 Å². The van der Waals surface area contributed by atoms with Gasteiger partial charge in [0.1, 0.15) is 5.82 Å². The van der Waals surface area contributed by atoms with E-state index in [1.54, 1.807) is 6.20 Å². The SMILES string of the molecule is N#Cc1ccc(S(=O)(=O)N2CCN(c3ccnc(N4CCCCC4)n3)CC2)cc1. The van der Waals surface area contributed by atoms with Gasteiger partial charge >= 0.3 is 0 Å². The molecule has 152 valence electrons. The first-order valence-electron chi connectivity index (χ1n) is 9.91. The van der Waals surface area contributed by atoms with Crippen molar-refractivity contribution in [1.82, 2.24) is 14.3 Å². The van der Waals surface area contributed by atoms with Crippen LogP contribution in [0.4, 0.5) is 11.8 Å². The summed E-state index contributed by atoms with van der Waals surface area (Å²) in [5.41, 5.74) is 0.446. The molecule has 8 nitrogen and oxygen atoms in total. The minimum Gasteiger partial charge on any atom is -0.354 e. The van der Waals surface area contributed by atoms with E-state index in [2.05, 4.69) is 14.8 Å². The number of aromatic nitrogens is 2. The Kier molecular flexibility index (Phi) is 5.65. The third-order valence-corrected chi connectivity index (χ3v) is 7.36. The summed E-state index contributed by atoms with van der Waals surface area (Å²) in [5.74, 6) is 1.60. The Morgan fingerprint density at radius 1 is 0.862 bits per heavy atom. The number of rotatable bonds is 4. The average Bonchev–Trinajstić information content (AvgIpc) is 2.80. The van der Waals surface area contributed by atoms with Crippen LogP contribution in [0.1, 0.15) is 24.8 Å². The van der Waals surface area contributed by atoms with Crippen molar-refractivity contribution in [3.8, 4) is 6.07 Å².